The first-order valence-corrected chi connectivity index (χ1v) is 10.3. The Morgan fingerprint density at radius 1 is 1.14 bits per heavy atom. The molecule has 2 aromatic heterocycles. The van der Waals surface area contributed by atoms with E-state index in [0.717, 1.165) is 38.6 Å². The molecule has 0 radical (unpaired) electrons. The smallest absolute Gasteiger partial charge is 0.206 e. The molecule has 0 fully saturated rings. The molecule has 1 atom stereocenters. The van der Waals surface area contributed by atoms with E-state index in [1.54, 1.807) is 12.3 Å². The zero-order valence-electron chi connectivity index (χ0n) is 15.0. The number of aromatic nitrogens is 4. The third-order valence-corrected chi connectivity index (χ3v) is 6.02. The third kappa shape index (κ3) is 4.28. The van der Waals surface area contributed by atoms with Crippen LogP contribution >= 0.6 is 34.5 Å². The first-order valence-electron chi connectivity index (χ1n) is 8.74. The lowest BCUT2D eigenvalue weighted by atomic mass is 10.1. The molecule has 0 saturated heterocycles. The summed E-state index contributed by atoms with van der Waals surface area (Å²) in [5, 5.41) is 26.3. The van der Waals surface area contributed by atoms with E-state index in [2.05, 4.69) is 37.1 Å². The summed E-state index contributed by atoms with van der Waals surface area (Å²) in [5.41, 5.74) is 3.08. The Hall–Kier alpha value is -2.19. The van der Waals surface area contributed by atoms with Crippen LogP contribution in [0.1, 0.15) is 5.56 Å². The topological polar surface area (TPSA) is 78.5 Å². The second kappa shape index (κ2) is 8.45. The minimum Gasteiger partial charge on any atom is -0.358 e. The molecule has 0 amide bonds. The van der Waals surface area contributed by atoms with Gasteiger partial charge in [0.25, 0.3) is 0 Å². The van der Waals surface area contributed by atoms with Crippen LogP contribution in [0, 0.1) is 0 Å². The fraction of sp³-hybridized carbons (Fsp3) is 0.211. The molecule has 4 rings (SSSR count). The van der Waals surface area contributed by atoms with Crippen LogP contribution < -0.4 is 10.6 Å². The zero-order chi connectivity index (χ0) is 19.5. The van der Waals surface area contributed by atoms with E-state index in [4.69, 9.17) is 23.2 Å². The van der Waals surface area contributed by atoms with Crippen molar-refractivity contribution in [3.05, 3.63) is 58.2 Å². The molecule has 0 saturated carbocycles. The fourth-order valence-electron chi connectivity index (χ4n) is 2.93. The van der Waals surface area contributed by atoms with Crippen molar-refractivity contribution in [3.63, 3.8) is 0 Å². The summed E-state index contributed by atoms with van der Waals surface area (Å²) in [6.07, 6.45) is 2.58. The Morgan fingerprint density at radius 3 is 2.86 bits per heavy atom. The minimum atomic E-state index is 0.188. The summed E-state index contributed by atoms with van der Waals surface area (Å²) >= 11 is 13.8. The Bertz CT molecular complexity index is 1090. The molecule has 144 valence electrons. The second-order valence-corrected chi connectivity index (χ2v) is 8.21. The number of anilines is 1. The Balaban J connectivity index is 1.41. The molecular weight excluding hydrogens is 415 g/mol. The number of likely N-dealkylation sites (N-methyl/N-ethyl adjacent to an activating group) is 1. The normalized spacial score (nSPS) is 12.4. The molecule has 4 aromatic rings. The number of nitrogens with one attached hydrogen (secondary N) is 3. The van der Waals surface area contributed by atoms with Crippen LogP contribution in [0.25, 0.3) is 21.5 Å². The molecule has 9 heteroatoms. The maximum atomic E-state index is 6.29. The van der Waals surface area contributed by atoms with E-state index in [-0.39, 0.29) is 6.04 Å². The molecule has 2 heterocycles. The molecule has 6 nitrogen and oxygen atoms in total. The standard InChI is InChI=1S/C19H18Cl2N6S/c1-22-15(7-11-2-4-14(20)8-16(11)21)10-23-19-27-26-18(28-19)12-3-5-17-13(6-12)9-24-25-17/h2-6,8-9,15,22H,7,10H2,1H3,(H,23,27)(H,24,25)/t15-/m0/s1. The lowest BCUT2D eigenvalue weighted by Crippen LogP contribution is -2.34. The average molecular weight is 433 g/mol. The van der Waals surface area contributed by atoms with Crippen LogP contribution in [-0.2, 0) is 6.42 Å². The summed E-state index contributed by atoms with van der Waals surface area (Å²) in [7, 11) is 1.93. The van der Waals surface area contributed by atoms with Gasteiger partial charge in [0.05, 0.1) is 11.7 Å². The molecule has 0 aliphatic heterocycles. The lowest BCUT2D eigenvalue weighted by Gasteiger charge is -2.17. The van der Waals surface area contributed by atoms with Gasteiger partial charge >= 0.3 is 0 Å². The summed E-state index contributed by atoms with van der Waals surface area (Å²) in [6.45, 7) is 0.699. The summed E-state index contributed by atoms with van der Waals surface area (Å²) in [5.74, 6) is 0. The van der Waals surface area contributed by atoms with Crippen LogP contribution in [0.5, 0.6) is 0 Å². The number of halogens is 2. The van der Waals surface area contributed by atoms with Crippen molar-refractivity contribution < 1.29 is 0 Å². The molecule has 0 unspecified atom stereocenters. The maximum absolute atomic E-state index is 6.29. The Kier molecular flexibility index (Phi) is 5.77. The number of rotatable bonds is 7. The van der Waals surface area contributed by atoms with Crippen molar-refractivity contribution in [3.8, 4) is 10.6 Å². The fourth-order valence-corrected chi connectivity index (χ4v) is 4.16. The van der Waals surface area contributed by atoms with Gasteiger partial charge in [0.2, 0.25) is 5.13 Å². The van der Waals surface area contributed by atoms with E-state index >= 15 is 0 Å². The van der Waals surface area contributed by atoms with Crippen LogP contribution in [-0.4, -0.2) is 40.0 Å². The predicted molar refractivity (Wildman–Crippen MR) is 117 cm³/mol. The number of hydrogen-bond acceptors (Lipinski definition) is 6. The number of H-pyrrole nitrogens is 1. The van der Waals surface area contributed by atoms with E-state index < -0.39 is 0 Å². The van der Waals surface area contributed by atoms with Gasteiger partial charge in [0, 0.05) is 33.6 Å². The third-order valence-electron chi connectivity index (χ3n) is 4.50. The minimum absolute atomic E-state index is 0.188. The molecule has 0 spiro atoms. The summed E-state index contributed by atoms with van der Waals surface area (Å²) < 4.78 is 0. The number of nitrogens with zero attached hydrogens (tertiary/aromatic N) is 3. The van der Waals surface area contributed by atoms with Crippen molar-refractivity contribution in [2.75, 3.05) is 18.9 Å². The quantitative estimate of drug-likeness (QED) is 0.396. The lowest BCUT2D eigenvalue weighted by molar-refractivity contribution is 0.583. The largest absolute Gasteiger partial charge is 0.358 e. The van der Waals surface area contributed by atoms with Gasteiger partial charge in [-0.3, -0.25) is 5.10 Å². The van der Waals surface area contributed by atoms with E-state index in [9.17, 15) is 0 Å². The molecule has 3 N–H and O–H groups in total. The van der Waals surface area contributed by atoms with Crippen LogP contribution in [0.4, 0.5) is 5.13 Å². The Morgan fingerprint density at radius 2 is 2.04 bits per heavy atom. The van der Waals surface area contributed by atoms with Gasteiger partial charge < -0.3 is 10.6 Å². The number of aromatic amines is 1. The highest BCUT2D eigenvalue weighted by atomic mass is 35.5. The van der Waals surface area contributed by atoms with Crippen molar-refractivity contribution in [2.45, 2.75) is 12.5 Å². The van der Waals surface area contributed by atoms with E-state index in [0.29, 0.717) is 16.6 Å². The number of fused-ring (bicyclic) bond motifs is 1. The van der Waals surface area contributed by atoms with Gasteiger partial charge in [-0.05, 0) is 49.4 Å². The Labute approximate surface area is 176 Å². The molecular formula is C19H18Cl2N6S. The van der Waals surface area contributed by atoms with E-state index in [1.165, 1.54) is 11.3 Å². The highest BCUT2D eigenvalue weighted by molar-refractivity contribution is 7.18. The van der Waals surface area contributed by atoms with Crippen molar-refractivity contribution in [2.24, 2.45) is 0 Å². The number of benzene rings is 2. The van der Waals surface area contributed by atoms with Crippen LogP contribution in [0.3, 0.4) is 0 Å². The number of hydrogen-bond donors (Lipinski definition) is 3. The molecule has 0 aliphatic rings. The first kappa shape index (κ1) is 19.1. The van der Waals surface area contributed by atoms with Gasteiger partial charge in [-0.25, -0.2) is 0 Å². The summed E-state index contributed by atoms with van der Waals surface area (Å²) in [6, 6.07) is 11.9. The molecule has 2 aromatic carbocycles. The van der Waals surface area contributed by atoms with Crippen molar-refractivity contribution in [1.29, 1.82) is 0 Å². The van der Waals surface area contributed by atoms with E-state index in [1.807, 2.05) is 31.3 Å². The predicted octanol–water partition coefficient (Wildman–Crippen LogP) is 4.63. The van der Waals surface area contributed by atoms with Crippen molar-refractivity contribution >= 4 is 50.6 Å². The molecule has 28 heavy (non-hydrogen) atoms. The van der Waals surface area contributed by atoms with Crippen molar-refractivity contribution in [1.82, 2.24) is 25.7 Å². The molecule has 0 bridgehead atoms. The average Bonchev–Trinajstić information content (AvgIpc) is 3.35. The van der Waals surface area contributed by atoms with Gasteiger partial charge in [-0.1, -0.05) is 40.6 Å². The SMILES string of the molecule is CN[C@H](CNc1nnc(-c2ccc3[nH]ncc3c2)s1)Cc1ccc(Cl)cc1Cl. The summed E-state index contributed by atoms with van der Waals surface area (Å²) in [4.78, 5) is 0. The highest BCUT2D eigenvalue weighted by Crippen LogP contribution is 2.28. The first-order chi connectivity index (χ1) is 13.6. The van der Waals surface area contributed by atoms with Gasteiger partial charge in [0.15, 0.2) is 0 Å². The van der Waals surface area contributed by atoms with Crippen LogP contribution in [0.2, 0.25) is 10.0 Å². The van der Waals surface area contributed by atoms with Gasteiger partial charge in [-0.2, -0.15) is 5.10 Å². The van der Waals surface area contributed by atoms with Crippen LogP contribution in [0.15, 0.2) is 42.6 Å². The second-order valence-electron chi connectivity index (χ2n) is 6.39. The highest BCUT2D eigenvalue weighted by Gasteiger charge is 2.13. The monoisotopic (exact) mass is 432 g/mol. The van der Waals surface area contributed by atoms with Gasteiger partial charge in [-0.15, -0.1) is 10.2 Å². The molecule has 0 aliphatic carbocycles. The van der Waals surface area contributed by atoms with Gasteiger partial charge in [0.1, 0.15) is 5.01 Å². The maximum Gasteiger partial charge on any atom is 0.206 e. The zero-order valence-corrected chi connectivity index (χ0v) is 17.4.